The zero-order valence-corrected chi connectivity index (χ0v) is 14.5. The minimum atomic E-state index is -0.0391. The smallest absolute Gasteiger partial charge is 0.224 e. The van der Waals surface area contributed by atoms with Gasteiger partial charge >= 0.3 is 0 Å². The van der Waals surface area contributed by atoms with E-state index in [9.17, 15) is 4.79 Å². The number of fused-ring (bicyclic) bond motifs is 1. The summed E-state index contributed by atoms with van der Waals surface area (Å²) in [5.74, 6) is 1.21. The van der Waals surface area contributed by atoms with Gasteiger partial charge in [-0.1, -0.05) is 56.3 Å². The van der Waals surface area contributed by atoms with Crippen LogP contribution < -0.4 is 5.32 Å². The fourth-order valence-corrected chi connectivity index (χ4v) is 2.56. The molecule has 5 nitrogen and oxygen atoms in total. The summed E-state index contributed by atoms with van der Waals surface area (Å²) in [6.45, 7) is 4.71. The molecule has 0 atom stereocenters. The van der Waals surface area contributed by atoms with E-state index in [2.05, 4.69) is 53.6 Å². The maximum absolute atomic E-state index is 12.0. The second-order valence-corrected chi connectivity index (χ2v) is 6.25. The summed E-state index contributed by atoms with van der Waals surface area (Å²) in [7, 11) is 0. The third kappa shape index (κ3) is 4.32. The topological polar surface area (TPSA) is 59.3 Å². The van der Waals surface area contributed by atoms with Crippen molar-refractivity contribution in [2.24, 2.45) is 0 Å². The number of benzene rings is 1. The lowest BCUT2D eigenvalue weighted by molar-refractivity contribution is -0.120. The number of pyridine rings is 1. The van der Waals surface area contributed by atoms with E-state index in [0.29, 0.717) is 18.9 Å². The summed E-state index contributed by atoms with van der Waals surface area (Å²) in [4.78, 5) is 12.0. The van der Waals surface area contributed by atoms with E-state index >= 15 is 0 Å². The van der Waals surface area contributed by atoms with Crippen LogP contribution >= 0.6 is 0 Å². The lowest BCUT2D eigenvalue weighted by atomic mass is 10.0. The van der Waals surface area contributed by atoms with Gasteiger partial charge in [-0.15, -0.1) is 10.2 Å². The molecule has 0 spiro atoms. The summed E-state index contributed by atoms with van der Waals surface area (Å²) >= 11 is 0. The van der Waals surface area contributed by atoms with Crippen molar-refractivity contribution in [3.63, 3.8) is 0 Å². The molecule has 0 radical (unpaired) electrons. The molecule has 1 N–H and O–H groups in total. The fourth-order valence-electron chi connectivity index (χ4n) is 2.56. The molecule has 128 valence electrons. The van der Waals surface area contributed by atoms with Gasteiger partial charge < -0.3 is 5.32 Å². The maximum Gasteiger partial charge on any atom is 0.224 e. The van der Waals surface area contributed by atoms with Gasteiger partial charge in [0.05, 0.1) is 6.54 Å². The van der Waals surface area contributed by atoms with Crippen LogP contribution in [0.3, 0.4) is 0 Å². The Balaban J connectivity index is 1.51. The highest BCUT2D eigenvalue weighted by molar-refractivity contribution is 5.78. The number of carbonyl (C=O) groups excluding carboxylic acids is 1. The zero-order chi connectivity index (χ0) is 17.6. The average Bonchev–Trinajstić information content (AvgIpc) is 3.03. The molecule has 3 aromatic rings. The van der Waals surface area contributed by atoms with E-state index in [1.807, 2.05) is 40.9 Å². The minimum Gasteiger partial charge on any atom is -0.349 e. The quantitative estimate of drug-likeness (QED) is 0.749. The Hall–Kier alpha value is -2.95. The van der Waals surface area contributed by atoms with E-state index in [-0.39, 0.29) is 5.91 Å². The van der Waals surface area contributed by atoms with Crippen molar-refractivity contribution in [1.82, 2.24) is 19.9 Å². The number of carbonyl (C=O) groups is 1. The number of nitrogens with zero attached hydrogens (tertiary/aromatic N) is 3. The molecule has 0 saturated heterocycles. The Bertz CT molecular complexity index is 878. The number of aromatic nitrogens is 3. The zero-order valence-electron chi connectivity index (χ0n) is 14.5. The van der Waals surface area contributed by atoms with Crippen LogP contribution in [-0.4, -0.2) is 20.5 Å². The first-order chi connectivity index (χ1) is 12.1. The van der Waals surface area contributed by atoms with E-state index < -0.39 is 0 Å². The standard InChI is InChI=1S/C20H22N4O/c1-15(2)17-11-9-16(10-12-17)6-5-8-20(25)21-14-19-23-22-18-7-3-4-13-24(18)19/h3-7,9-13,15H,8,14H2,1-2H3,(H,21,25). The van der Waals surface area contributed by atoms with Crippen LogP contribution in [-0.2, 0) is 11.3 Å². The van der Waals surface area contributed by atoms with Gasteiger partial charge in [-0.05, 0) is 29.2 Å². The molecule has 1 amide bonds. The molecule has 3 rings (SSSR count). The molecule has 0 bridgehead atoms. The van der Waals surface area contributed by atoms with Crippen molar-refractivity contribution in [1.29, 1.82) is 0 Å². The first-order valence-corrected chi connectivity index (χ1v) is 8.45. The lowest BCUT2D eigenvalue weighted by Crippen LogP contribution is -2.23. The van der Waals surface area contributed by atoms with Crippen LogP contribution in [0.15, 0.2) is 54.7 Å². The molecule has 0 saturated carbocycles. The first kappa shape index (κ1) is 16.9. The molecule has 0 aliphatic rings. The largest absolute Gasteiger partial charge is 0.349 e. The lowest BCUT2D eigenvalue weighted by Gasteiger charge is -2.04. The van der Waals surface area contributed by atoms with Crippen LogP contribution in [0.4, 0.5) is 0 Å². The van der Waals surface area contributed by atoms with Gasteiger partial charge in [-0.3, -0.25) is 9.20 Å². The van der Waals surface area contributed by atoms with Gasteiger partial charge in [0.1, 0.15) is 0 Å². The van der Waals surface area contributed by atoms with Crippen molar-refractivity contribution >= 4 is 17.6 Å². The molecule has 5 heteroatoms. The Morgan fingerprint density at radius 3 is 2.72 bits per heavy atom. The monoisotopic (exact) mass is 334 g/mol. The molecular weight excluding hydrogens is 312 g/mol. The summed E-state index contributed by atoms with van der Waals surface area (Å²) in [5, 5.41) is 11.0. The summed E-state index contributed by atoms with van der Waals surface area (Å²) in [5.41, 5.74) is 3.19. The number of nitrogens with one attached hydrogen (secondary N) is 1. The van der Waals surface area contributed by atoms with Crippen LogP contribution in [0.25, 0.3) is 11.7 Å². The Morgan fingerprint density at radius 2 is 1.96 bits per heavy atom. The van der Waals surface area contributed by atoms with Crippen molar-refractivity contribution in [3.05, 3.63) is 71.7 Å². The minimum absolute atomic E-state index is 0.0391. The number of rotatable bonds is 6. The van der Waals surface area contributed by atoms with Gasteiger partial charge in [0.15, 0.2) is 11.5 Å². The highest BCUT2D eigenvalue weighted by Crippen LogP contribution is 2.15. The molecule has 0 fully saturated rings. The number of hydrogen-bond acceptors (Lipinski definition) is 3. The van der Waals surface area contributed by atoms with Crippen LogP contribution in [0, 0.1) is 0 Å². The van der Waals surface area contributed by atoms with Gasteiger partial charge in [-0.2, -0.15) is 0 Å². The summed E-state index contributed by atoms with van der Waals surface area (Å²) in [6, 6.07) is 14.1. The predicted octanol–water partition coefficient (Wildman–Crippen LogP) is 3.57. The van der Waals surface area contributed by atoms with Gasteiger partial charge in [0.25, 0.3) is 0 Å². The maximum atomic E-state index is 12.0. The molecule has 25 heavy (non-hydrogen) atoms. The van der Waals surface area contributed by atoms with Crippen molar-refractivity contribution in [2.75, 3.05) is 0 Å². The highest BCUT2D eigenvalue weighted by atomic mass is 16.1. The normalized spacial score (nSPS) is 11.5. The summed E-state index contributed by atoms with van der Waals surface area (Å²) < 4.78 is 1.87. The molecule has 1 aromatic carbocycles. The van der Waals surface area contributed by atoms with Crippen LogP contribution in [0.1, 0.15) is 43.1 Å². The Kier molecular flexibility index (Phi) is 5.23. The fraction of sp³-hybridized carbons (Fsp3) is 0.250. The SMILES string of the molecule is CC(C)c1ccc(C=CCC(=O)NCc2nnc3ccccn23)cc1. The first-order valence-electron chi connectivity index (χ1n) is 8.45. The molecule has 2 heterocycles. The molecule has 0 aliphatic heterocycles. The third-order valence-corrected chi connectivity index (χ3v) is 4.04. The molecule has 0 unspecified atom stereocenters. The molecule has 2 aromatic heterocycles. The van der Waals surface area contributed by atoms with Crippen LogP contribution in [0.5, 0.6) is 0 Å². The summed E-state index contributed by atoms with van der Waals surface area (Å²) in [6.07, 6.45) is 6.07. The van der Waals surface area contributed by atoms with Crippen molar-refractivity contribution in [3.8, 4) is 0 Å². The highest BCUT2D eigenvalue weighted by Gasteiger charge is 2.05. The third-order valence-electron chi connectivity index (χ3n) is 4.04. The number of hydrogen-bond donors (Lipinski definition) is 1. The second kappa shape index (κ2) is 7.75. The molecule has 0 aliphatic carbocycles. The van der Waals surface area contributed by atoms with Crippen molar-refractivity contribution < 1.29 is 4.79 Å². The van der Waals surface area contributed by atoms with E-state index in [1.165, 1.54) is 5.56 Å². The Morgan fingerprint density at radius 1 is 1.16 bits per heavy atom. The Labute approximate surface area is 147 Å². The van der Waals surface area contributed by atoms with Crippen LogP contribution in [0.2, 0.25) is 0 Å². The predicted molar refractivity (Wildman–Crippen MR) is 99.0 cm³/mol. The van der Waals surface area contributed by atoms with E-state index in [0.717, 1.165) is 17.0 Å². The van der Waals surface area contributed by atoms with Gasteiger partial charge in [-0.25, -0.2) is 0 Å². The van der Waals surface area contributed by atoms with Crippen molar-refractivity contribution in [2.45, 2.75) is 32.7 Å². The second-order valence-electron chi connectivity index (χ2n) is 6.25. The number of amides is 1. The van der Waals surface area contributed by atoms with Gasteiger partial charge in [0.2, 0.25) is 5.91 Å². The molecular formula is C20H22N4O. The van der Waals surface area contributed by atoms with E-state index in [4.69, 9.17) is 0 Å². The van der Waals surface area contributed by atoms with E-state index in [1.54, 1.807) is 0 Å². The van der Waals surface area contributed by atoms with Gasteiger partial charge in [0, 0.05) is 12.6 Å². The average molecular weight is 334 g/mol.